The molecule has 31 heavy (non-hydrogen) atoms. The molecule has 0 aliphatic carbocycles. The van der Waals surface area contributed by atoms with Gasteiger partial charge in [-0.25, -0.2) is 4.79 Å². The Bertz CT molecular complexity index is 1050. The van der Waals surface area contributed by atoms with Crippen LogP contribution in [0.25, 0.3) is 0 Å². The van der Waals surface area contributed by atoms with E-state index >= 15 is 0 Å². The van der Waals surface area contributed by atoms with Crippen molar-refractivity contribution in [3.8, 4) is 0 Å². The van der Waals surface area contributed by atoms with E-state index in [1.807, 2.05) is 37.2 Å². The molecule has 0 aromatic heterocycles. The zero-order valence-electron chi connectivity index (χ0n) is 17.9. The van der Waals surface area contributed by atoms with Gasteiger partial charge in [-0.2, -0.15) is 0 Å². The van der Waals surface area contributed by atoms with Gasteiger partial charge < -0.3 is 14.4 Å². The summed E-state index contributed by atoms with van der Waals surface area (Å²) >= 11 is 6.34. The molecule has 0 N–H and O–H groups in total. The standard InChI is InChI=1S/C22H26N3O4PS/c1-4-29-22(27)16-5-7-17(8-6-16)25-21(26)19-15-18(23(2)3)9-10-20(19)30(25,31)24-11-13-28-14-12-24/h5-10,15H,4,11-14H2,1-3H3/t30-/m1/s1. The minimum Gasteiger partial charge on any atom is -0.462 e. The summed E-state index contributed by atoms with van der Waals surface area (Å²) in [4.78, 5) is 27.7. The average Bonchev–Trinajstić information content (AvgIpc) is 3.02. The van der Waals surface area contributed by atoms with Crippen molar-refractivity contribution in [3.63, 3.8) is 0 Å². The molecule has 1 amide bonds. The molecule has 0 radical (unpaired) electrons. The predicted octanol–water partition coefficient (Wildman–Crippen LogP) is 2.86. The first-order valence-corrected chi connectivity index (χ1v) is 13.0. The van der Waals surface area contributed by atoms with Gasteiger partial charge >= 0.3 is 5.97 Å². The molecular formula is C22H26N3O4PS. The first kappa shape index (κ1) is 22.0. The molecule has 1 saturated heterocycles. The summed E-state index contributed by atoms with van der Waals surface area (Å²) in [6.07, 6.45) is -2.59. The van der Waals surface area contributed by atoms with Gasteiger partial charge in [-0.1, -0.05) is 11.8 Å². The molecule has 7 nitrogen and oxygen atoms in total. The van der Waals surface area contributed by atoms with Crippen LogP contribution in [0.4, 0.5) is 11.4 Å². The highest BCUT2D eigenvalue weighted by atomic mass is 32.4. The molecule has 164 valence electrons. The predicted molar refractivity (Wildman–Crippen MR) is 126 cm³/mol. The number of rotatable bonds is 5. The van der Waals surface area contributed by atoms with Crippen molar-refractivity contribution in [3.05, 3.63) is 53.6 Å². The second kappa shape index (κ2) is 8.71. The first-order chi connectivity index (χ1) is 14.9. The van der Waals surface area contributed by atoms with Gasteiger partial charge in [0.05, 0.1) is 36.6 Å². The number of hydrogen-bond acceptors (Lipinski definition) is 6. The normalized spacial score (nSPS) is 21.1. The van der Waals surface area contributed by atoms with Crippen LogP contribution in [0.2, 0.25) is 0 Å². The Morgan fingerprint density at radius 1 is 1.16 bits per heavy atom. The molecule has 0 saturated carbocycles. The SMILES string of the molecule is CCOC(=O)c1ccc(N2C(=O)c3cc(N(C)C)ccc3[P@@]2(=S)N2CCOCC2)cc1. The van der Waals surface area contributed by atoms with Crippen LogP contribution >= 0.6 is 6.34 Å². The number of amides is 1. The maximum atomic E-state index is 13.7. The molecule has 0 unspecified atom stereocenters. The molecule has 0 bridgehead atoms. The fourth-order valence-corrected chi connectivity index (χ4v) is 8.40. The number of fused-ring (bicyclic) bond motifs is 1. The molecule has 9 heteroatoms. The molecule has 2 aromatic rings. The number of nitrogens with zero attached hydrogens (tertiary/aromatic N) is 3. The van der Waals surface area contributed by atoms with Gasteiger partial charge in [0.1, 0.15) is 6.34 Å². The van der Waals surface area contributed by atoms with Crippen molar-refractivity contribution < 1.29 is 19.1 Å². The van der Waals surface area contributed by atoms with E-state index in [-0.39, 0.29) is 11.9 Å². The highest BCUT2D eigenvalue weighted by molar-refractivity contribution is 8.18. The number of ether oxygens (including phenoxy) is 2. The van der Waals surface area contributed by atoms with Crippen molar-refractivity contribution in [2.45, 2.75) is 6.92 Å². The first-order valence-electron chi connectivity index (χ1n) is 10.2. The second-order valence-corrected chi connectivity index (χ2v) is 11.7. The summed E-state index contributed by atoms with van der Waals surface area (Å²) in [6, 6.07) is 12.9. The van der Waals surface area contributed by atoms with E-state index < -0.39 is 6.34 Å². The lowest BCUT2D eigenvalue weighted by atomic mass is 10.1. The fourth-order valence-electron chi connectivity index (χ4n) is 3.90. The molecule has 2 aliphatic heterocycles. The number of carbonyl (C=O) groups excluding carboxylic acids is 2. The van der Waals surface area contributed by atoms with Crippen LogP contribution in [0.1, 0.15) is 27.6 Å². The summed E-state index contributed by atoms with van der Waals surface area (Å²) in [7, 11) is 3.90. The zero-order valence-corrected chi connectivity index (χ0v) is 19.6. The van der Waals surface area contributed by atoms with Gasteiger partial charge in [0.2, 0.25) is 0 Å². The summed E-state index contributed by atoms with van der Waals surface area (Å²) in [6.45, 7) is 4.62. The monoisotopic (exact) mass is 459 g/mol. The minimum absolute atomic E-state index is 0.0996. The zero-order chi connectivity index (χ0) is 22.2. The van der Waals surface area contributed by atoms with Crippen LogP contribution in [0.5, 0.6) is 0 Å². The van der Waals surface area contributed by atoms with Crippen LogP contribution in [0, 0.1) is 0 Å². The quantitative estimate of drug-likeness (QED) is 0.503. The van der Waals surface area contributed by atoms with Crippen molar-refractivity contribution in [1.29, 1.82) is 0 Å². The third kappa shape index (κ3) is 3.78. The molecule has 2 aliphatic rings. The molecule has 1 fully saturated rings. The third-order valence-corrected chi connectivity index (χ3v) is 10.4. The number of benzene rings is 2. The van der Waals surface area contributed by atoms with Crippen molar-refractivity contribution in [2.75, 3.05) is 56.6 Å². The highest BCUT2D eigenvalue weighted by Gasteiger charge is 2.47. The van der Waals surface area contributed by atoms with Crippen LogP contribution in [-0.4, -0.2) is 63.6 Å². The van der Waals surface area contributed by atoms with E-state index in [4.69, 9.17) is 21.3 Å². The Labute approximate surface area is 187 Å². The molecule has 4 rings (SSSR count). The summed E-state index contributed by atoms with van der Waals surface area (Å²) < 4.78 is 14.6. The van der Waals surface area contributed by atoms with Gasteiger partial charge in [-0.15, -0.1) is 0 Å². The van der Waals surface area contributed by atoms with Crippen LogP contribution in [0.3, 0.4) is 0 Å². The number of carbonyl (C=O) groups is 2. The summed E-state index contributed by atoms with van der Waals surface area (Å²) in [5.41, 5.74) is 2.74. The van der Waals surface area contributed by atoms with Gasteiger partial charge in [-0.3, -0.25) is 14.1 Å². The van der Waals surface area contributed by atoms with E-state index in [9.17, 15) is 9.59 Å². The molecule has 0 spiro atoms. The molecule has 2 heterocycles. The average molecular weight is 460 g/mol. The highest BCUT2D eigenvalue weighted by Crippen LogP contribution is 2.59. The molecule has 1 atom stereocenters. The van der Waals surface area contributed by atoms with Crippen molar-refractivity contribution in [1.82, 2.24) is 4.67 Å². The van der Waals surface area contributed by atoms with E-state index in [0.29, 0.717) is 49.7 Å². The lowest BCUT2D eigenvalue weighted by Crippen LogP contribution is -2.40. The van der Waals surface area contributed by atoms with E-state index in [0.717, 1.165) is 11.0 Å². The van der Waals surface area contributed by atoms with Gasteiger partial charge in [0.15, 0.2) is 0 Å². The Morgan fingerprint density at radius 2 is 1.84 bits per heavy atom. The third-order valence-electron chi connectivity index (χ3n) is 5.50. The number of morpholine rings is 1. The summed E-state index contributed by atoms with van der Waals surface area (Å²) in [5, 5.41) is 0.912. The van der Waals surface area contributed by atoms with Crippen molar-refractivity contribution >= 4 is 46.7 Å². The van der Waals surface area contributed by atoms with Gasteiger partial charge in [0, 0.05) is 38.2 Å². The smallest absolute Gasteiger partial charge is 0.338 e. The van der Waals surface area contributed by atoms with Crippen LogP contribution < -0.4 is 14.9 Å². The van der Waals surface area contributed by atoms with Crippen LogP contribution in [-0.2, 0) is 21.3 Å². The Hall–Kier alpha value is -2.25. The van der Waals surface area contributed by atoms with E-state index in [1.54, 1.807) is 35.9 Å². The number of esters is 1. The Kier molecular flexibility index (Phi) is 6.17. The van der Waals surface area contributed by atoms with Gasteiger partial charge in [0.25, 0.3) is 5.91 Å². The lowest BCUT2D eigenvalue weighted by Gasteiger charge is -2.40. The maximum absolute atomic E-state index is 13.7. The largest absolute Gasteiger partial charge is 0.462 e. The Balaban J connectivity index is 1.80. The lowest BCUT2D eigenvalue weighted by molar-refractivity contribution is 0.0526. The van der Waals surface area contributed by atoms with Crippen LogP contribution in [0.15, 0.2) is 42.5 Å². The Morgan fingerprint density at radius 3 is 2.45 bits per heavy atom. The molecule has 2 aromatic carbocycles. The second-order valence-electron chi connectivity index (χ2n) is 7.59. The minimum atomic E-state index is -2.59. The number of hydrogen-bond donors (Lipinski definition) is 0. The number of anilines is 2. The maximum Gasteiger partial charge on any atom is 0.338 e. The topological polar surface area (TPSA) is 62.3 Å². The van der Waals surface area contributed by atoms with E-state index in [1.165, 1.54) is 0 Å². The fraction of sp³-hybridized carbons (Fsp3) is 0.364. The van der Waals surface area contributed by atoms with E-state index in [2.05, 4.69) is 4.67 Å². The summed E-state index contributed by atoms with van der Waals surface area (Å²) in [5.74, 6) is -0.481. The van der Waals surface area contributed by atoms with Crippen molar-refractivity contribution in [2.24, 2.45) is 0 Å². The molecular weight excluding hydrogens is 433 g/mol. The van der Waals surface area contributed by atoms with Gasteiger partial charge in [-0.05, 0) is 49.4 Å².